The van der Waals surface area contributed by atoms with Gasteiger partial charge in [0.2, 0.25) is 16.1 Å². The fourth-order valence-corrected chi connectivity index (χ4v) is 16.9. The number of hydrogen-bond acceptors (Lipinski definition) is 30. The molecule has 3 amide bonds. The molecule has 6 aromatic rings. The number of nitrogens with one attached hydrogen (secondary N) is 6. The fraction of sp³-hybridized carbons (Fsp3) is 0.431. The van der Waals surface area contributed by atoms with Crippen LogP contribution in [0, 0.1) is 67.6 Å². The van der Waals surface area contributed by atoms with E-state index < -0.39 is 185 Å². The number of carbonyl (C=O) groups is 5. The van der Waals surface area contributed by atoms with Gasteiger partial charge in [0, 0.05) is 109 Å². The average Bonchev–Trinajstić information content (AvgIpc) is 1.63. The molecule has 109 heavy (non-hydrogen) atoms. The second kappa shape index (κ2) is 34.4. The van der Waals surface area contributed by atoms with E-state index in [4.69, 9.17) is 44.2 Å². The summed E-state index contributed by atoms with van der Waals surface area (Å²) in [5, 5.41) is 44.8. The molecule has 11 rings (SSSR count). The molecule has 40 nitrogen and oxygen atoms in total. The van der Waals surface area contributed by atoms with Crippen LogP contribution in [-0.4, -0.2) is 187 Å². The van der Waals surface area contributed by atoms with E-state index in [9.17, 15) is 87.4 Å². The van der Waals surface area contributed by atoms with E-state index >= 15 is 0 Å². The number of aromatic amines is 2. The molecule has 13 N–H and O–H groups in total. The van der Waals surface area contributed by atoms with Crippen LogP contribution in [0.4, 0.5) is 26.8 Å². The van der Waals surface area contributed by atoms with Gasteiger partial charge in [0.05, 0.1) is 109 Å². The molecule has 0 radical (unpaired) electrons. The highest BCUT2D eigenvalue weighted by Crippen LogP contribution is 2.53. The van der Waals surface area contributed by atoms with Gasteiger partial charge in [-0.1, -0.05) is 35.5 Å². The third kappa shape index (κ3) is 19.4. The van der Waals surface area contributed by atoms with E-state index in [-0.39, 0.29) is 114 Å². The molecular weight excluding hydrogens is 1520 g/mol. The lowest BCUT2D eigenvalue weighted by atomic mass is 10.0. The van der Waals surface area contributed by atoms with Gasteiger partial charge in [0.1, 0.15) is 59.8 Å². The number of methoxy groups -OCH3 is 1. The van der Waals surface area contributed by atoms with E-state index in [1.54, 1.807) is 6.92 Å². The smallest absolute Gasteiger partial charge is 0.330 e. The first-order valence-electron chi connectivity index (χ1n) is 33.2. The average molecular weight is 1590 g/mol. The van der Waals surface area contributed by atoms with Crippen molar-refractivity contribution in [2.75, 3.05) is 71.2 Å². The van der Waals surface area contributed by atoms with Crippen LogP contribution < -0.4 is 55.2 Å². The van der Waals surface area contributed by atoms with Crippen molar-refractivity contribution in [3.05, 3.63) is 162 Å². The van der Waals surface area contributed by atoms with E-state index in [1.165, 1.54) is 55.1 Å². The van der Waals surface area contributed by atoms with Crippen LogP contribution in [0.25, 0.3) is 11.0 Å². The van der Waals surface area contributed by atoms with E-state index in [2.05, 4.69) is 76.7 Å². The number of nitrogens with two attached hydrogens (primary N) is 2. The number of hydrogen-bond donors (Lipinski definition) is 11. The van der Waals surface area contributed by atoms with Crippen molar-refractivity contribution in [2.24, 2.45) is 17.6 Å². The number of aliphatic hydroxyl groups excluding tert-OH is 1. The number of benzene rings is 2. The monoisotopic (exact) mass is 1590 g/mol. The number of anilines is 1. The van der Waals surface area contributed by atoms with Crippen LogP contribution in [0.3, 0.4) is 0 Å². The number of nitrogen functional groups attached to an aromatic ring is 1. The van der Waals surface area contributed by atoms with E-state index in [0.717, 1.165) is 33.9 Å². The molecule has 6 unspecified atom stereocenters. The summed E-state index contributed by atoms with van der Waals surface area (Å²) in [6, 6.07) is 6.52. The Kier molecular flexibility index (Phi) is 25.3. The molecule has 0 bridgehead atoms. The molecule has 5 fully saturated rings. The Morgan fingerprint density at radius 1 is 0.716 bits per heavy atom. The van der Waals surface area contributed by atoms with Gasteiger partial charge in [0.15, 0.2) is 0 Å². The summed E-state index contributed by atoms with van der Waals surface area (Å²) in [4.78, 5) is 173. The standard InChI is InChI=1S/C65H69N15O25P2S2/c1-32(73-43-21-69-64(89)108-60(43)85)41-12-8-34(15-44(41)79(91)92)6-10-36-23-76(57-55(36)56(67)71-31-72-57)54-19-46(81)50(105-54)28-101-107(97,98)30-40-18-53(78-25-38(59(84)75-63(78)88)11-7-35-9-13-42(45(16-35)80(93)94)33(2)102-47-22-70-65(90)109-61(47)86)104-49(40)27-100-106(95,96)29-39-17-52(103-48(39)26-99-3)77-24-37(58(83)74-62(77)87)5-4-14-68-51(82)20-66/h8-9,12-13,15-16,23-25,31-33,39-40,43,46-50,52-54,73,81H,14,17-22,26-30,66H2,1-3H3,(H,68,82)(H,69,89)(H,70,90)(H,95,96)(H,97,98)(H2,67,71,72)(H,74,83,87)(H,75,84,88)/t32?,33?,39-,40-,43?,46+,47?,48-,49-,50-,52-,53-,54-/m1/s1. The molecule has 44 heteroatoms. The molecule has 5 saturated heterocycles. The Morgan fingerprint density at radius 3 is 1.82 bits per heavy atom. The van der Waals surface area contributed by atoms with Crippen LogP contribution >= 0.6 is 38.7 Å². The lowest BCUT2D eigenvalue weighted by Crippen LogP contribution is -2.49. The molecule has 576 valence electrons. The van der Waals surface area contributed by atoms with Gasteiger partial charge in [-0.3, -0.25) is 87.3 Å². The minimum absolute atomic E-state index is 0.00603. The number of rotatable bonds is 25. The van der Waals surface area contributed by atoms with Crippen molar-refractivity contribution in [2.45, 2.75) is 101 Å². The highest BCUT2D eigenvalue weighted by atomic mass is 32.2. The number of H-pyrrole nitrogens is 2. The summed E-state index contributed by atoms with van der Waals surface area (Å²) in [6.07, 6.45) is -8.21. The number of fused-ring (bicyclic) bond motifs is 1. The number of nitro benzene ring substituents is 2. The van der Waals surface area contributed by atoms with Gasteiger partial charge in [-0.05, 0) is 51.0 Å². The third-order valence-electron chi connectivity index (χ3n) is 18.0. The van der Waals surface area contributed by atoms with Crippen LogP contribution in [0.15, 0.2) is 80.5 Å². The quantitative estimate of drug-likeness (QED) is 0.0165. The Bertz CT molecular complexity index is 5190. The normalized spacial score (nSPS) is 24.2. The number of amides is 3. The zero-order chi connectivity index (χ0) is 78.3. The lowest BCUT2D eigenvalue weighted by Gasteiger charge is -2.25. The summed E-state index contributed by atoms with van der Waals surface area (Å²) in [5.74, 6) is 13.6. The first-order valence-corrected chi connectivity index (χ1v) is 38.4. The maximum absolute atomic E-state index is 14.4. The van der Waals surface area contributed by atoms with Crippen LogP contribution in [0.5, 0.6) is 0 Å². The lowest BCUT2D eigenvalue weighted by molar-refractivity contribution is -0.386. The van der Waals surface area contributed by atoms with Crippen molar-refractivity contribution < 1.29 is 90.6 Å². The summed E-state index contributed by atoms with van der Waals surface area (Å²) in [6.45, 7) is 0.723. The Balaban J connectivity index is 0.812. The van der Waals surface area contributed by atoms with Gasteiger partial charge in [-0.15, -0.1) is 0 Å². The maximum atomic E-state index is 14.4. The third-order valence-corrected chi connectivity index (χ3v) is 22.6. The number of nitrogens with zero attached hydrogens (tertiary/aromatic N) is 7. The van der Waals surface area contributed by atoms with Crippen molar-refractivity contribution in [3.8, 4) is 35.5 Å². The molecule has 5 aliphatic heterocycles. The highest BCUT2D eigenvalue weighted by Gasteiger charge is 2.46. The zero-order valence-electron chi connectivity index (χ0n) is 57.6. The van der Waals surface area contributed by atoms with Crippen molar-refractivity contribution >= 4 is 93.6 Å². The minimum atomic E-state index is -4.91. The fourth-order valence-electron chi connectivity index (χ4n) is 12.7. The van der Waals surface area contributed by atoms with Crippen molar-refractivity contribution in [1.29, 1.82) is 0 Å². The molecule has 2 aromatic carbocycles. The predicted octanol–water partition coefficient (Wildman–Crippen LogP) is 1.09. The van der Waals surface area contributed by atoms with E-state index in [0.29, 0.717) is 23.5 Å². The van der Waals surface area contributed by atoms with Gasteiger partial charge < -0.3 is 79.6 Å². The Morgan fingerprint density at radius 2 is 1.24 bits per heavy atom. The molecule has 0 saturated carbocycles. The molecule has 0 spiro atoms. The number of nitro groups is 2. The molecule has 5 aliphatic rings. The first-order chi connectivity index (χ1) is 51.8. The molecule has 4 aromatic heterocycles. The summed E-state index contributed by atoms with van der Waals surface area (Å²) < 4.78 is 73.3. The van der Waals surface area contributed by atoms with Gasteiger partial charge in [-0.2, -0.15) is 0 Å². The van der Waals surface area contributed by atoms with Gasteiger partial charge in [0.25, 0.3) is 33.0 Å². The Labute approximate surface area is 623 Å². The van der Waals surface area contributed by atoms with Gasteiger partial charge in [-0.25, -0.2) is 19.6 Å². The SMILES string of the molecule is COC[C@H]1O[C@@H](n2cc(C#CCNC(=O)CN)c(=O)[nH]c2=O)C[C@@H]1CP(=O)(O)OC[C@H]1O[C@@H](n2cc(C#Cc3ccc(C(C)OC4CNC(=O)SC4=O)c([N+](=O)[O-])c3)c(=O)[nH]c2=O)C[C@@H]1CP(=O)(O)OC[C@H]1O[C@@H](n2cc(C#Cc3ccc(C(C)NC4CNC(=O)SC4=O)c([N+](=O)[O-])c3)c3c(N)ncnc32)C[C@@H]1O. The summed E-state index contributed by atoms with van der Waals surface area (Å²) in [5.41, 5.74) is 7.34. The topological polar surface area (TPSA) is 572 Å². The van der Waals surface area contributed by atoms with Gasteiger partial charge >= 0.3 is 26.6 Å². The number of thioether (sulfide) groups is 2. The predicted molar refractivity (Wildman–Crippen MR) is 384 cm³/mol. The molecule has 9 heterocycles. The number of aliphatic hydroxyl groups is 1. The van der Waals surface area contributed by atoms with Crippen LogP contribution in [-0.2, 0) is 56.2 Å². The zero-order valence-corrected chi connectivity index (χ0v) is 61.0. The molecule has 15 atom stereocenters. The highest BCUT2D eigenvalue weighted by molar-refractivity contribution is 8.26. The number of carbonyl (C=O) groups excluding carboxylic acids is 5. The largest absolute Gasteiger partial charge is 0.390 e. The van der Waals surface area contributed by atoms with Crippen molar-refractivity contribution in [1.82, 2.24) is 54.9 Å². The first kappa shape index (κ1) is 80.2. The summed E-state index contributed by atoms with van der Waals surface area (Å²) >= 11 is 0.885. The second-order valence-corrected chi connectivity index (χ2v) is 31.2. The maximum Gasteiger partial charge on any atom is 0.330 e. The Hall–Kier alpha value is -9.87. The van der Waals surface area contributed by atoms with Crippen LogP contribution in [0.2, 0.25) is 0 Å². The summed E-state index contributed by atoms with van der Waals surface area (Å²) in [7, 11) is -8.41. The second-order valence-electron chi connectivity index (χ2n) is 25.4. The van der Waals surface area contributed by atoms with Crippen LogP contribution in [0.1, 0.15) is 103 Å². The van der Waals surface area contributed by atoms with Crippen molar-refractivity contribution in [3.63, 3.8) is 0 Å². The number of ether oxygens (including phenoxy) is 5. The number of aromatic nitrogens is 7. The van der Waals surface area contributed by atoms with E-state index in [1.807, 2.05) is 0 Å². The molecule has 0 aliphatic carbocycles. The minimum Gasteiger partial charge on any atom is -0.390 e. The molecular formula is C65H69N15O25P2S2.